The zero-order chi connectivity index (χ0) is 46.3. The Morgan fingerprint density at radius 2 is 1.30 bits per heavy atom. The maximum absolute atomic E-state index is 15.9. The van der Waals surface area contributed by atoms with E-state index in [4.69, 9.17) is 34.2 Å². The number of halogens is 1. The molecule has 1 unspecified atom stereocenters. The van der Waals surface area contributed by atoms with Gasteiger partial charge in [-0.3, -0.25) is 0 Å². The number of methoxy groups -OCH3 is 3. The lowest BCUT2D eigenvalue weighted by Gasteiger charge is -2.44. The van der Waals surface area contributed by atoms with Gasteiger partial charge in [-0.1, -0.05) is 77.9 Å². The molecule has 5 aromatic rings. The van der Waals surface area contributed by atoms with E-state index in [2.05, 4.69) is 87.5 Å². The Balaban J connectivity index is 1.74. The lowest BCUT2D eigenvalue weighted by atomic mass is 9.88. The summed E-state index contributed by atoms with van der Waals surface area (Å²) in [5.41, 5.74) is 7.73. The number of aromatic nitrogens is 4. The van der Waals surface area contributed by atoms with E-state index in [0.29, 0.717) is 31.3 Å². The number of thioether (sulfide) groups is 1. The second-order valence-electron chi connectivity index (χ2n) is 17.7. The van der Waals surface area contributed by atoms with Crippen LogP contribution in [0.3, 0.4) is 0 Å². The molecular weight excluding hydrogens is 972 g/mol. The normalized spacial score (nSPS) is 13.4. The number of tetrazole rings is 1. The van der Waals surface area contributed by atoms with Gasteiger partial charge in [-0.2, -0.15) is 9.10 Å². The summed E-state index contributed by atoms with van der Waals surface area (Å²) in [6.45, 7) is 17.0. The van der Waals surface area contributed by atoms with Gasteiger partial charge in [0.05, 0.1) is 39.5 Å². The van der Waals surface area contributed by atoms with Gasteiger partial charge in [-0.15, -0.1) is 22.0 Å². The van der Waals surface area contributed by atoms with Crippen LogP contribution in [0.5, 0.6) is 17.2 Å². The summed E-state index contributed by atoms with van der Waals surface area (Å²) in [7, 11) is -2.17. The highest BCUT2D eigenvalue weighted by Crippen LogP contribution is 2.47. The highest BCUT2D eigenvalue weighted by atomic mass is 127. The minimum Gasteiger partial charge on any atom is -0.497 e. The Morgan fingerprint density at radius 3 is 1.75 bits per heavy atom. The third-order valence-corrected chi connectivity index (χ3v) is 20.2. The predicted octanol–water partition coefficient (Wildman–Crippen LogP) is 9.40. The van der Waals surface area contributed by atoms with Crippen molar-refractivity contribution in [2.24, 2.45) is 11.1 Å². The van der Waals surface area contributed by atoms with Gasteiger partial charge >= 0.3 is 6.09 Å². The van der Waals surface area contributed by atoms with Crippen LogP contribution in [0, 0.1) is 8.99 Å². The molecule has 0 aliphatic heterocycles. The molecule has 1 heterocycles. The molecular formula is C45H59IN6O8S2Si. The minimum atomic E-state index is -4.44. The van der Waals surface area contributed by atoms with E-state index in [-0.39, 0.29) is 42.0 Å². The molecule has 0 aliphatic carbocycles. The third kappa shape index (κ3) is 12.7. The van der Waals surface area contributed by atoms with E-state index in [1.165, 1.54) is 20.9 Å². The number of benzene rings is 4. The minimum absolute atomic E-state index is 0.0153. The van der Waals surface area contributed by atoms with Crippen LogP contribution >= 0.6 is 34.4 Å². The smallest absolute Gasteiger partial charge is 0.404 e. The van der Waals surface area contributed by atoms with Gasteiger partial charge in [-0.25, -0.2) is 13.2 Å². The Kier molecular flexibility index (Phi) is 16.4. The maximum Gasteiger partial charge on any atom is 0.404 e. The fourth-order valence-electron chi connectivity index (χ4n) is 6.48. The summed E-state index contributed by atoms with van der Waals surface area (Å²) in [6, 6.07) is 25.8. The van der Waals surface area contributed by atoms with E-state index < -0.39 is 41.2 Å². The van der Waals surface area contributed by atoms with Crippen LogP contribution in [-0.2, 0) is 38.8 Å². The summed E-state index contributed by atoms with van der Waals surface area (Å²) in [5.74, 6) is 2.15. The lowest BCUT2D eigenvalue weighted by molar-refractivity contribution is 0.0596. The Labute approximate surface area is 390 Å². The van der Waals surface area contributed by atoms with Gasteiger partial charge in [0.2, 0.25) is 15.8 Å². The number of amides is 1. The average Bonchev–Trinajstić information content (AvgIpc) is 3.69. The fraction of sp³-hybridized carbons (Fsp3) is 0.422. The van der Waals surface area contributed by atoms with Gasteiger partial charge in [0.15, 0.2) is 8.32 Å². The van der Waals surface area contributed by atoms with Crippen LogP contribution in [0.1, 0.15) is 58.2 Å². The van der Waals surface area contributed by atoms with Crippen molar-refractivity contribution in [3.05, 3.63) is 105 Å². The van der Waals surface area contributed by atoms with Gasteiger partial charge in [0, 0.05) is 26.8 Å². The molecule has 63 heavy (non-hydrogen) atoms. The Morgan fingerprint density at radius 1 is 0.810 bits per heavy atom. The monoisotopic (exact) mass is 1030 g/mol. The largest absolute Gasteiger partial charge is 0.497 e. The number of ether oxygens (including phenoxy) is 4. The molecule has 2 N–H and O–H groups in total. The molecule has 14 nitrogen and oxygen atoms in total. The highest BCUT2D eigenvalue weighted by Gasteiger charge is 2.45. The SMILES string of the molecule is COc1ccc(CN(Cc2ccc(OC)cc2)S(=O)(=O)c2c(SC([C@H](COC(N)=O)O[Si](C)(C)C(C)(C)C)C(C)(C)C)ccc(I)c2-c2nnn(Cc3ccc(OC)cc3)n2)cc1. The first kappa shape index (κ1) is 49.8. The molecule has 0 bridgehead atoms. The summed E-state index contributed by atoms with van der Waals surface area (Å²) in [4.78, 5) is 14.0. The third-order valence-electron chi connectivity index (χ3n) is 11.0. The first-order chi connectivity index (χ1) is 29.6. The molecule has 0 fully saturated rings. The molecule has 0 radical (unpaired) electrons. The molecule has 18 heteroatoms. The van der Waals surface area contributed by atoms with E-state index in [1.807, 2.05) is 60.7 Å². The van der Waals surface area contributed by atoms with Crippen LogP contribution in [-0.4, -0.2) is 86.6 Å². The summed E-state index contributed by atoms with van der Waals surface area (Å²) >= 11 is 3.50. The number of primary amides is 1. The zero-order valence-corrected chi connectivity index (χ0v) is 42.6. The van der Waals surface area contributed by atoms with Gasteiger partial charge < -0.3 is 29.1 Å². The number of hydrogen-bond donors (Lipinski definition) is 1. The topological polar surface area (TPSA) is 170 Å². The van der Waals surface area contributed by atoms with Crippen molar-refractivity contribution in [2.45, 2.75) is 100 Å². The first-order valence-corrected chi connectivity index (χ1v) is 26.6. The summed E-state index contributed by atoms with van der Waals surface area (Å²) < 4.78 is 62.7. The second kappa shape index (κ2) is 20.7. The van der Waals surface area contributed by atoms with Gasteiger partial charge in [0.25, 0.3) is 0 Å². The van der Waals surface area contributed by atoms with Gasteiger partial charge in [0.1, 0.15) is 28.8 Å². The van der Waals surface area contributed by atoms with E-state index in [0.717, 1.165) is 16.7 Å². The van der Waals surface area contributed by atoms with Crippen molar-refractivity contribution in [3.8, 4) is 28.6 Å². The molecule has 0 aliphatic rings. The predicted molar refractivity (Wildman–Crippen MR) is 257 cm³/mol. The number of nitrogens with zero attached hydrogens (tertiary/aromatic N) is 5. The number of nitrogens with two attached hydrogens (primary N) is 1. The van der Waals surface area contributed by atoms with Crippen molar-refractivity contribution in [1.29, 1.82) is 0 Å². The molecule has 340 valence electrons. The molecule has 2 atom stereocenters. The van der Waals surface area contributed by atoms with Crippen LogP contribution in [0.25, 0.3) is 11.4 Å². The molecule has 1 aromatic heterocycles. The quantitative estimate of drug-likeness (QED) is 0.0473. The van der Waals surface area contributed by atoms with Crippen molar-refractivity contribution in [2.75, 3.05) is 27.9 Å². The number of rotatable bonds is 19. The standard InChI is InChI=1S/C45H59IN6O8S2Si/c1-44(2,3)41(37(29-59-43(47)53)60-63(10,11)45(4,5)6)61-38-25-24-36(46)39(42-48-50-52(49-42)28-32-16-22-35(58-9)23-17-32)40(38)62(54,55)51(26-30-12-18-33(56-7)19-13-30)27-31-14-20-34(57-8)21-15-31/h12-25,37,41H,26-29H2,1-11H3,(H2,47,53)/t37-,41?/m0/s1. The molecule has 4 aromatic carbocycles. The fourth-order valence-corrected chi connectivity index (χ4v) is 12.2. The molecule has 0 saturated heterocycles. The van der Waals surface area contributed by atoms with Crippen molar-refractivity contribution in [1.82, 2.24) is 24.5 Å². The number of carbonyl (C=O) groups is 1. The van der Waals surface area contributed by atoms with Crippen molar-refractivity contribution in [3.63, 3.8) is 0 Å². The molecule has 5 rings (SSSR count). The first-order valence-electron chi connectivity index (χ1n) is 20.3. The van der Waals surface area contributed by atoms with Crippen molar-refractivity contribution < 1.29 is 36.6 Å². The summed E-state index contributed by atoms with van der Waals surface area (Å²) in [5, 5.41) is 13.0. The maximum atomic E-state index is 15.9. The van der Waals surface area contributed by atoms with E-state index >= 15 is 8.42 Å². The highest BCUT2D eigenvalue weighted by molar-refractivity contribution is 14.1. The Hall–Kier alpha value is -4.21. The van der Waals surface area contributed by atoms with Gasteiger partial charge in [-0.05, 0) is 117 Å². The van der Waals surface area contributed by atoms with Crippen LogP contribution in [0.2, 0.25) is 18.1 Å². The average molecular weight is 1030 g/mol. The molecule has 0 spiro atoms. The number of hydrogen-bond acceptors (Lipinski definition) is 12. The summed E-state index contributed by atoms with van der Waals surface area (Å²) in [6.07, 6.45) is -1.59. The number of carbonyl (C=O) groups excluding carboxylic acids is 1. The second-order valence-corrected chi connectivity index (χ2v) is 26.6. The van der Waals surface area contributed by atoms with Crippen molar-refractivity contribution >= 4 is 58.8 Å². The number of sulfonamides is 1. The lowest BCUT2D eigenvalue weighted by Crippen LogP contribution is -2.51. The van der Waals surface area contributed by atoms with E-state index in [9.17, 15) is 4.79 Å². The molecule has 1 amide bonds. The van der Waals surface area contributed by atoms with Crippen LogP contribution < -0.4 is 19.9 Å². The zero-order valence-electron chi connectivity index (χ0n) is 37.8. The van der Waals surface area contributed by atoms with Crippen LogP contribution in [0.4, 0.5) is 4.79 Å². The molecule has 0 saturated carbocycles. The van der Waals surface area contributed by atoms with Crippen LogP contribution in [0.15, 0.2) is 94.7 Å². The van der Waals surface area contributed by atoms with E-state index in [1.54, 1.807) is 45.6 Å². The Bertz CT molecular complexity index is 2370.